The number of sulfonamides is 1. The van der Waals surface area contributed by atoms with E-state index in [0.29, 0.717) is 24.5 Å². The van der Waals surface area contributed by atoms with E-state index in [1.54, 1.807) is 19.1 Å². The zero-order valence-electron chi connectivity index (χ0n) is 19.5. The Kier molecular flexibility index (Phi) is 11.5. The van der Waals surface area contributed by atoms with Gasteiger partial charge in [-0.25, -0.2) is 22.3 Å². The molecule has 1 saturated carbocycles. The summed E-state index contributed by atoms with van der Waals surface area (Å²) in [5.74, 6) is -0.795. The lowest BCUT2D eigenvalue weighted by atomic mass is 10.1. The van der Waals surface area contributed by atoms with E-state index in [0.717, 1.165) is 12.8 Å². The molecule has 1 aliphatic rings. The van der Waals surface area contributed by atoms with Gasteiger partial charge in [0.25, 0.3) is 0 Å². The van der Waals surface area contributed by atoms with Crippen molar-refractivity contribution in [2.45, 2.75) is 45.6 Å². The molecule has 10 nitrogen and oxygen atoms in total. The highest BCUT2D eigenvalue weighted by atomic mass is 32.2. The molecule has 0 aliphatic heterocycles. The molecule has 12 heteroatoms. The van der Waals surface area contributed by atoms with Crippen LogP contribution in [0.3, 0.4) is 0 Å². The number of benzene rings is 1. The van der Waals surface area contributed by atoms with Gasteiger partial charge in [-0.1, -0.05) is 13.0 Å². The van der Waals surface area contributed by atoms with Crippen molar-refractivity contribution in [1.82, 2.24) is 10.0 Å². The fraction of sp³-hybridized carbons (Fsp3) is 0.636. The average Bonchev–Trinajstić information content (AvgIpc) is 3.63. The van der Waals surface area contributed by atoms with Crippen LogP contribution < -0.4 is 14.8 Å². The maximum atomic E-state index is 14.0. The fourth-order valence-electron chi connectivity index (χ4n) is 2.90. The predicted octanol–water partition coefficient (Wildman–Crippen LogP) is 2.64. The van der Waals surface area contributed by atoms with Gasteiger partial charge >= 0.3 is 12.1 Å². The molecule has 0 heterocycles. The van der Waals surface area contributed by atoms with Crippen molar-refractivity contribution in [1.29, 1.82) is 0 Å². The largest absolute Gasteiger partial charge is 0.490 e. The Morgan fingerprint density at radius 1 is 1.21 bits per heavy atom. The van der Waals surface area contributed by atoms with Gasteiger partial charge in [-0.15, -0.1) is 0 Å². The topological polar surface area (TPSA) is 129 Å². The molecule has 2 rings (SSSR count). The number of hydrogen-bond acceptors (Lipinski definition) is 8. The van der Waals surface area contributed by atoms with Crippen molar-refractivity contribution in [3.05, 3.63) is 29.6 Å². The summed E-state index contributed by atoms with van der Waals surface area (Å²) in [5.41, 5.74) is 0.623. The van der Waals surface area contributed by atoms with Crippen LogP contribution in [0.1, 0.15) is 51.1 Å². The van der Waals surface area contributed by atoms with E-state index in [1.165, 1.54) is 6.07 Å². The number of halogens is 1. The SMILES string of the molecule is CCOC(=O)NCC(=O)OCOCCCS(=O)(=O)NC(CC)c1ccc(F)c(OCC2CC2)c1. The smallest absolute Gasteiger partial charge is 0.407 e. The number of alkyl carbamates (subject to hydrolysis) is 1. The van der Waals surface area contributed by atoms with Crippen LogP contribution >= 0.6 is 0 Å². The molecule has 1 aromatic rings. The lowest BCUT2D eigenvalue weighted by molar-refractivity contribution is -0.154. The highest BCUT2D eigenvalue weighted by Gasteiger charge is 2.23. The van der Waals surface area contributed by atoms with Gasteiger partial charge in [0.1, 0.15) is 6.54 Å². The van der Waals surface area contributed by atoms with Crippen molar-refractivity contribution in [2.24, 2.45) is 5.92 Å². The molecule has 1 aromatic carbocycles. The molecule has 1 unspecified atom stereocenters. The molecule has 1 amide bonds. The Balaban J connectivity index is 1.70. The molecule has 1 aliphatic carbocycles. The first-order valence-corrected chi connectivity index (χ1v) is 13.0. The van der Waals surface area contributed by atoms with Gasteiger partial charge in [-0.05, 0) is 56.2 Å². The Hall–Kier alpha value is -2.44. The fourth-order valence-corrected chi connectivity index (χ4v) is 4.25. The van der Waals surface area contributed by atoms with Crippen molar-refractivity contribution >= 4 is 22.1 Å². The minimum Gasteiger partial charge on any atom is -0.490 e. The Bertz CT molecular complexity index is 908. The minimum absolute atomic E-state index is 0.0476. The maximum Gasteiger partial charge on any atom is 0.407 e. The summed E-state index contributed by atoms with van der Waals surface area (Å²) in [5, 5.41) is 2.21. The molecular formula is C22H33FN2O8S. The highest BCUT2D eigenvalue weighted by molar-refractivity contribution is 7.89. The Labute approximate surface area is 199 Å². The normalized spacial score (nSPS) is 14.3. The third-order valence-electron chi connectivity index (χ3n) is 4.92. The van der Waals surface area contributed by atoms with Crippen LogP contribution in [0.2, 0.25) is 0 Å². The highest BCUT2D eigenvalue weighted by Crippen LogP contribution is 2.31. The van der Waals surface area contributed by atoms with Crippen LogP contribution in [-0.2, 0) is 29.0 Å². The number of esters is 1. The number of amides is 1. The summed E-state index contributed by atoms with van der Waals surface area (Å²) in [6.45, 7) is 3.42. The lowest BCUT2D eigenvalue weighted by Gasteiger charge is -2.19. The molecule has 0 saturated heterocycles. The van der Waals surface area contributed by atoms with E-state index in [9.17, 15) is 22.4 Å². The summed E-state index contributed by atoms with van der Waals surface area (Å²) in [7, 11) is -3.64. The minimum atomic E-state index is -3.64. The van der Waals surface area contributed by atoms with Crippen LogP contribution in [0, 0.1) is 11.7 Å². The van der Waals surface area contributed by atoms with Gasteiger partial charge in [0.05, 0.1) is 25.6 Å². The molecule has 1 fully saturated rings. The van der Waals surface area contributed by atoms with Gasteiger partial charge in [0, 0.05) is 6.04 Å². The molecule has 0 bridgehead atoms. The monoisotopic (exact) mass is 504 g/mol. The van der Waals surface area contributed by atoms with Gasteiger partial charge < -0.3 is 24.3 Å². The van der Waals surface area contributed by atoms with E-state index in [4.69, 9.17) is 14.2 Å². The standard InChI is InChI=1S/C22H33FN2O8S/c1-3-19(17-8-9-18(23)20(12-17)32-14-16-6-7-16)25-34(28,29)11-5-10-30-15-33-21(26)13-24-22(27)31-4-2/h8-9,12,16,19,25H,3-7,10-11,13-15H2,1-2H3,(H,24,27). The van der Waals surface area contributed by atoms with Crippen molar-refractivity contribution < 1.29 is 41.3 Å². The first kappa shape index (κ1) is 27.8. The average molecular weight is 505 g/mol. The number of rotatable bonds is 16. The Morgan fingerprint density at radius 3 is 2.65 bits per heavy atom. The number of carbonyl (C=O) groups excluding carboxylic acids is 2. The summed E-state index contributed by atoms with van der Waals surface area (Å²) >= 11 is 0. The Morgan fingerprint density at radius 2 is 1.97 bits per heavy atom. The van der Waals surface area contributed by atoms with Gasteiger partial charge in [-0.3, -0.25) is 4.79 Å². The molecule has 1 atom stereocenters. The van der Waals surface area contributed by atoms with Crippen LogP contribution in [0.5, 0.6) is 5.75 Å². The van der Waals surface area contributed by atoms with Crippen LogP contribution in [0.25, 0.3) is 0 Å². The second-order valence-corrected chi connectivity index (χ2v) is 9.69. The van der Waals surface area contributed by atoms with Crippen molar-refractivity contribution in [3.63, 3.8) is 0 Å². The molecule has 2 N–H and O–H groups in total. The van der Waals surface area contributed by atoms with Crippen LogP contribution in [-0.4, -0.2) is 59.4 Å². The molecule has 34 heavy (non-hydrogen) atoms. The van der Waals surface area contributed by atoms with Crippen LogP contribution in [0.15, 0.2) is 18.2 Å². The lowest BCUT2D eigenvalue weighted by Crippen LogP contribution is -2.31. The van der Waals surface area contributed by atoms with Crippen molar-refractivity contribution in [3.8, 4) is 5.75 Å². The number of carbonyl (C=O) groups is 2. The maximum absolute atomic E-state index is 14.0. The number of hydrogen-bond donors (Lipinski definition) is 2. The van der Waals surface area contributed by atoms with Gasteiger partial charge in [-0.2, -0.15) is 0 Å². The first-order valence-electron chi connectivity index (χ1n) is 11.3. The van der Waals surface area contributed by atoms with Gasteiger partial charge in [0.15, 0.2) is 18.4 Å². The van der Waals surface area contributed by atoms with Crippen molar-refractivity contribution in [2.75, 3.05) is 38.9 Å². The van der Waals surface area contributed by atoms with E-state index < -0.39 is 33.9 Å². The quantitative estimate of drug-likeness (QED) is 0.200. The summed E-state index contributed by atoms with van der Waals surface area (Å²) < 4.78 is 61.7. The third-order valence-corrected chi connectivity index (χ3v) is 6.39. The second kappa shape index (κ2) is 14.1. The zero-order chi connectivity index (χ0) is 25.0. The van der Waals surface area contributed by atoms with E-state index in [1.807, 2.05) is 6.92 Å². The van der Waals surface area contributed by atoms with E-state index in [-0.39, 0.29) is 44.5 Å². The molecule has 0 spiro atoms. The molecule has 0 radical (unpaired) electrons. The second-order valence-electron chi connectivity index (χ2n) is 7.81. The molecule has 0 aromatic heterocycles. The first-order chi connectivity index (χ1) is 16.2. The third kappa shape index (κ3) is 10.7. The zero-order valence-corrected chi connectivity index (χ0v) is 20.3. The summed E-state index contributed by atoms with van der Waals surface area (Å²) in [6, 6.07) is 3.85. The predicted molar refractivity (Wildman–Crippen MR) is 121 cm³/mol. The summed E-state index contributed by atoms with van der Waals surface area (Å²) in [4.78, 5) is 22.5. The number of ether oxygens (including phenoxy) is 4. The van der Waals surface area contributed by atoms with Gasteiger partial charge in [0.2, 0.25) is 10.0 Å². The molecule has 192 valence electrons. The van der Waals surface area contributed by atoms with E-state index in [2.05, 4.69) is 14.8 Å². The van der Waals surface area contributed by atoms with E-state index >= 15 is 0 Å². The summed E-state index contributed by atoms with van der Waals surface area (Å²) in [6.07, 6.45) is 2.07. The molecular weight excluding hydrogens is 471 g/mol. The number of nitrogens with one attached hydrogen (secondary N) is 2. The van der Waals surface area contributed by atoms with Crippen LogP contribution in [0.4, 0.5) is 9.18 Å².